The topological polar surface area (TPSA) is 55.4 Å². The third kappa shape index (κ3) is 2.70. The zero-order chi connectivity index (χ0) is 12.1. The summed E-state index contributed by atoms with van der Waals surface area (Å²) in [5.41, 5.74) is 1.05. The van der Waals surface area contributed by atoms with Gasteiger partial charge in [0.15, 0.2) is 5.78 Å². The highest BCUT2D eigenvalue weighted by Crippen LogP contribution is 2.25. The molecule has 0 atom stereocenters. The van der Waals surface area contributed by atoms with E-state index in [2.05, 4.69) is 11.9 Å². The highest BCUT2D eigenvalue weighted by Gasteiger charge is 2.08. The van der Waals surface area contributed by atoms with Crippen LogP contribution in [-0.4, -0.2) is 18.8 Å². The van der Waals surface area contributed by atoms with Gasteiger partial charge in [0.25, 0.3) is 0 Å². The molecule has 0 aliphatic heterocycles. The predicted molar refractivity (Wildman–Crippen MR) is 61.8 cm³/mol. The molecule has 16 heavy (non-hydrogen) atoms. The van der Waals surface area contributed by atoms with Crippen molar-refractivity contribution in [2.45, 2.75) is 6.92 Å². The number of Topliss-reactive ketones (excluding diaryl/α,β-unsaturated/α-hetero) is 1. The van der Waals surface area contributed by atoms with Gasteiger partial charge in [0.2, 0.25) is 5.91 Å². The Balaban J connectivity index is 3.06. The number of rotatable bonds is 4. The molecule has 0 aliphatic carbocycles. The number of amides is 1. The Morgan fingerprint density at radius 2 is 2.12 bits per heavy atom. The summed E-state index contributed by atoms with van der Waals surface area (Å²) in [5.74, 6) is 0.0664. The second-order valence-electron chi connectivity index (χ2n) is 3.16. The van der Waals surface area contributed by atoms with Crippen LogP contribution in [0.25, 0.3) is 0 Å². The molecule has 0 aliphatic rings. The van der Waals surface area contributed by atoms with Crippen molar-refractivity contribution >= 4 is 17.4 Å². The highest BCUT2D eigenvalue weighted by molar-refractivity contribution is 6.01. The largest absolute Gasteiger partial charge is 0.495 e. The third-order valence-electron chi connectivity index (χ3n) is 2.05. The van der Waals surface area contributed by atoms with Crippen molar-refractivity contribution in [1.82, 2.24) is 0 Å². The second-order valence-corrected chi connectivity index (χ2v) is 3.16. The summed E-state index contributed by atoms with van der Waals surface area (Å²) in [6.07, 6.45) is 1.17. The van der Waals surface area contributed by atoms with E-state index in [1.807, 2.05) is 0 Å². The Hall–Kier alpha value is -2.10. The SMILES string of the molecule is C=CC(=O)Nc1ccc(C(C)=O)cc1OC. The molecule has 0 spiro atoms. The summed E-state index contributed by atoms with van der Waals surface area (Å²) in [4.78, 5) is 22.3. The molecule has 0 radical (unpaired) electrons. The molecular weight excluding hydrogens is 206 g/mol. The summed E-state index contributed by atoms with van der Waals surface area (Å²) in [5, 5.41) is 2.58. The molecule has 84 valence electrons. The van der Waals surface area contributed by atoms with Crippen LogP contribution in [0.3, 0.4) is 0 Å². The van der Waals surface area contributed by atoms with Crippen molar-refractivity contribution in [3.63, 3.8) is 0 Å². The van der Waals surface area contributed by atoms with Crippen LogP contribution < -0.4 is 10.1 Å². The van der Waals surface area contributed by atoms with Crippen LogP contribution in [0.5, 0.6) is 5.75 Å². The van der Waals surface area contributed by atoms with E-state index in [4.69, 9.17) is 4.74 Å². The number of methoxy groups -OCH3 is 1. The number of hydrogen-bond donors (Lipinski definition) is 1. The number of anilines is 1. The van der Waals surface area contributed by atoms with Crippen LogP contribution in [0.4, 0.5) is 5.69 Å². The Morgan fingerprint density at radius 1 is 1.44 bits per heavy atom. The molecule has 0 fully saturated rings. The van der Waals surface area contributed by atoms with E-state index >= 15 is 0 Å². The lowest BCUT2D eigenvalue weighted by Gasteiger charge is -2.09. The minimum atomic E-state index is -0.325. The molecule has 1 rings (SSSR count). The Labute approximate surface area is 93.9 Å². The van der Waals surface area contributed by atoms with E-state index in [0.717, 1.165) is 0 Å². The van der Waals surface area contributed by atoms with Crippen molar-refractivity contribution < 1.29 is 14.3 Å². The number of ketones is 1. The van der Waals surface area contributed by atoms with Crippen molar-refractivity contribution in [3.05, 3.63) is 36.4 Å². The average Bonchev–Trinajstić information content (AvgIpc) is 2.29. The first-order valence-electron chi connectivity index (χ1n) is 4.71. The van der Waals surface area contributed by atoms with Crippen molar-refractivity contribution in [2.24, 2.45) is 0 Å². The fourth-order valence-electron chi connectivity index (χ4n) is 1.20. The van der Waals surface area contributed by atoms with Crippen molar-refractivity contribution in [2.75, 3.05) is 12.4 Å². The lowest BCUT2D eigenvalue weighted by atomic mass is 10.1. The predicted octanol–water partition coefficient (Wildman–Crippen LogP) is 2.02. The maximum atomic E-state index is 11.1. The van der Waals surface area contributed by atoms with E-state index in [1.54, 1.807) is 18.2 Å². The number of carbonyl (C=O) groups is 2. The zero-order valence-corrected chi connectivity index (χ0v) is 9.24. The Bertz CT molecular complexity index is 438. The average molecular weight is 219 g/mol. The van der Waals surface area contributed by atoms with Gasteiger partial charge < -0.3 is 10.1 Å². The smallest absolute Gasteiger partial charge is 0.247 e. The summed E-state index contributed by atoms with van der Waals surface area (Å²) < 4.78 is 5.08. The van der Waals surface area contributed by atoms with Gasteiger partial charge in [-0.3, -0.25) is 9.59 Å². The summed E-state index contributed by atoms with van der Waals surface area (Å²) in [7, 11) is 1.48. The number of carbonyl (C=O) groups excluding carboxylic acids is 2. The lowest BCUT2D eigenvalue weighted by molar-refractivity contribution is -0.111. The normalized spacial score (nSPS) is 9.38. The Kier molecular flexibility index (Phi) is 3.83. The minimum absolute atomic E-state index is 0.0557. The first kappa shape index (κ1) is 12.0. The van der Waals surface area contributed by atoms with Gasteiger partial charge >= 0.3 is 0 Å². The van der Waals surface area contributed by atoms with E-state index in [9.17, 15) is 9.59 Å². The minimum Gasteiger partial charge on any atom is -0.495 e. The van der Waals surface area contributed by atoms with Gasteiger partial charge in [-0.2, -0.15) is 0 Å². The van der Waals surface area contributed by atoms with Crippen LogP contribution in [0.1, 0.15) is 17.3 Å². The number of hydrogen-bond acceptors (Lipinski definition) is 3. The van der Waals surface area contributed by atoms with Crippen LogP contribution >= 0.6 is 0 Å². The van der Waals surface area contributed by atoms with Gasteiger partial charge in [0.1, 0.15) is 5.75 Å². The van der Waals surface area contributed by atoms with Crippen molar-refractivity contribution in [3.8, 4) is 5.75 Å². The monoisotopic (exact) mass is 219 g/mol. The number of ether oxygens (including phenoxy) is 1. The van der Waals surface area contributed by atoms with Crippen LogP contribution in [0, 0.1) is 0 Å². The summed E-state index contributed by atoms with van der Waals surface area (Å²) in [6.45, 7) is 4.82. The first-order chi connectivity index (χ1) is 7.58. The summed E-state index contributed by atoms with van der Waals surface area (Å²) in [6, 6.07) is 4.83. The van der Waals surface area contributed by atoms with Crippen LogP contribution in [0.15, 0.2) is 30.9 Å². The van der Waals surface area contributed by atoms with E-state index in [1.165, 1.54) is 20.1 Å². The molecule has 1 N–H and O–H groups in total. The molecule has 4 heteroatoms. The Morgan fingerprint density at radius 3 is 2.62 bits per heavy atom. The molecule has 1 amide bonds. The van der Waals surface area contributed by atoms with Gasteiger partial charge in [0.05, 0.1) is 12.8 Å². The fourth-order valence-corrected chi connectivity index (χ4v) is 1.20. The second kappa shape index (κ2) is 5.11. The molecule has 0 saturated heterocycles. The molecule has 1 aromatic rings. The fraction of sp³-hybridized carbons (Fsp3) is 0.167. The van der Waals surface area contributed by atoms with E-state index in [-0.39, 0.29) is 11.7 Å². The summed E-state index contributed by atoms with van der Waals surface area (Å²) >= 11 is 0. The molecule has 0 saturated carbocycles. The van der Waals surface area contributed by atoms with Gasteiger partial charge in [-0.25, -0.2) is 0 Å². The van der Waals surface area contributed by atoms with Gasteiger partial charge in [-0.1, -0.05) is 6.58 Å². The lowest BCUT2D eigenvalue weighted by Crippen LogP contribution is -2.09. The molecule has 1 aromatic carbocycles. The first-order valence-corrected chi connectivity index (χ1v) is 4.71. The van der Waals surface area contributed by atoms with Gasteiger partial charge in [0, 0.05) is 5.56 Å². The quantitative estimate of drug-likeness (QED) is 0.622. The molecule has 0 unspecified atom stereocenters. The maximum Gasteiger partial charge on any atom is 0.247 e. The molecular formula is C12H13NO3. The molecule has 4 nitrogen and oxygen atoms in total. The molecule has 0 heterocycles. The maximum absolute atomic E-state index is 11.1. The van der Waals surface area contributed by atoms with E-state index in [0.29, 0.717) is 17.0 Å². The van der Waals surface area contributed by atoms with Gasteiger partial charge in [-0.05, 0) is 31.2 Å². The zero-order valence-electron chi connectivity index (χ0n) is 9.24. The molecule has 0 aromatic heterocycles. The number of benzene rings is 1. The highest BCUT2D eigenvalue weighted by atomic mass is 16.5. The standard InChI is InChI=1S/C12H13NO3/c1-4-12(15)13-10-6-5-9(8(2)14)7-11(10)16-3/h4-7H,1H2,2-3H3,(H,13,15). The van der Waals surface area contributed by atoms with Crippen LogP contribution in [0.2, 0.25) is 0 Å². The molecule has 0 bridgehead atoms. The van der Waals surface area contributed by atoms with Gasteiger partial charge in [-0.15, -0.1) is 0 Å². The number of nitrogens with one attached hydrogen (secondary N) is 1. The third-order valence-corrected chi connectivity index (χ3v) is 2.05. The van der Waals surface area contributed by atoms with Crippen molar-refractivity contribution in [1.29, 1.82) is 0 Å². The van der Waals surface area contributed by atoms with E-state index < -0.39 is 0 Å². The van der Waals surface area contributed by atoms with Crippen LogP contribution in [-0.2, 0) is 4.79 Å².